The molecule has 2 aromatic rings. The van der Waals surface area contributed by atoms with Crippen molar-refractivity contribution in [3.63, 3.8) is 0 Å². The molecule has 8 nitrogen and oxygen atoms in total. The first-order valence-electron chi connectivity index (χ1n) is 5.94. The summed E-state index contributed by atoms with van der Waals surface area (Å²) in [5.74, 6) is 0.201. The molecule has 0 aliphatic heterocycles. The number of nitro groups is 1. The molecule has 2 aromatic heterocycles. The molecule has 2 rings (SSSR count). The van der Waals surface area contributed by atoms with Crippen molar-refractivity contribution in [3.8, 4) is 0 Å². The van der Waals surface area contributed by atoms with E-state index < -0.39 is 4.92 Å². The lowest BCUT2D eigenvalue weighted by Gasteiger charge is -2.08. The fourth-order valence-electron chi connectivity index (χ4n) is 1.75. The van der Waals surface area contributed by atoms with Gasteiger partial charge in [0, 0.05) is 37.1 Å². The Morgan fingerprint density at radius 2 is 2.20 bits per heavy atom. The van der Waals surface area contributed by atoms with Gasteiger partial charge in [0.05, 0.1) is 11.3 Å². The molecule has 0 bridgehead atoms. The second-order valence-corrected chi connectivity index (χ2v) is 4.12. The van der Waals surface area contributed by atoms with E-state index in [9.17, 15) is 14.9 Å². The van der Waals surface area contributed by atoms with Crippen LogP contribution in [0.5, 0.6) is 0 Å². The van der Waals surface area contributed by atoms with Gasteiger partial charge in [0.1, 0.15) is 0 Å². The smallest absolute Gasteiger partial charge is 0.314 e. The molecule has 0 fully saturated rings. The molecule has 0 aromatic carbocycles. The van der Waals surface area contributed by atoms with Crippen LogP contribution in [0.15, 0.2) is 35.6 Å². The van der Waals surface area contributed by atoms with Crippen LogP contribution in [0.4, 0.5) is 11.5 Å². The van der Waals surface area contributed by atoms with Gasteiger partial charge in [0.2, 0.25) is 5.82 Å². The molecule has 0 aliphatic carbocycles. The number of aryl methyl sites for hydroxylation is 1. The molecule has 0 spiro atoms. The first-order valence-corrected chi connectivity index (χ1v) is 5.94. The van der Waals surface area contributed by atoms with Crippen molar-refractivity contribution in [1.82, 2.24) is 14.5 Å². The molecule has 0 saturated carbocycles. The number of hydrogen-bond donors (Lipinski definition) is 1. The van der Waals surface area contributed by atoms with Crippen LogP contribution in [0, 0.1) is 17.0 Å². The van der Waals surface area contributed by atoms with Crippen molar-refractivity contribution < 1.29 is 4.92 Å². The summed E-state index contributed by atoms with van der Waals surface area (Å²) in [5.41, 5.74) is 0.311. The number of nitrogens with one attached hydrogen (secondary N) is 1. The summed E-state index contributed by atoms with van der Waals surface area (Å²) >= 11 is 0. The topological polar surface area (TPSA) is 103 Å². The third kappa shape index (κ3) is 2.97. The van der Waals surface area contributed by atoms with Gasteiger partial charge in [-0.1, -0.05) is 0 Å². The predicted octanol–water partition coefficient (Wildman–Crippen LogP) is 0.967. The monoisotopic (exact) mass is 275 g/mol. The second-order valence-electron chi connectivity index (χ2n) is 4.12. The van der Waals surface area contributed by atoms with Crippen LogP contribution < -0.4 is 10.9 Å². The van der Waals surface area contributed by atoms with Crippen molar-refractivity contribution in [2.45, 2.75) is 13.5 Å². The van der Waals surface area contributed by atoms with E-state index in [0.717, 1.165) is 0 Å². The van der Waals surface area contributed by atoms with E-state index in [4.69, 9.17) is 0 Å². The molecule has 0 amide bonds. The number of hydrogen-bond acceptors (Lipinski definition) is 6. The van der Waals surface area contributed by atoms with Gasteiger partial charge in [-0.05, 0) is 13.0 Å². The van der Waals surface area contributed by atoms with Crippen LogP contribution in [0.1, 0.15) is 5.56 Å². The minimum Gasteiger partial charge on any atom is -0.363 e. The van der Waals surface area contributed by atoms with Gasteiger partial charge in [0.15, 0.2) is 0 Å². The Kier molecular flexibility index (Phi) is 4.04. The standard InChI is InChI=1S/C12H13N5O3/c1-9-2-5-14-12(11(9)17(19)20)15-6-7-16-8-13-4-3-10(16)18/h2-5,8H,6-7H2,1H3,(H,14,15). The Morgan fingerprint density at radius 1 is 1.40 bits per heavy atom. The van der Waals surface area contributed by atoms with Gasteiger partial charge in [-0.2, -0.15) is 0 Å². The highest BCUT2D eigenvalue weighted by Crippen LogP contribution is 2.24. The maximum absolute atomic E-state index is 11.5. The van der Waals surface area contributed by atoms with Crippen molar-refractivity contribution >= 4 is 11.5 Å². The zero-order valence-electron chi connectivity index (χ0n) is 10.8. The van der Waals surface area contributed by atoms with Crippen LogP contribution in [0.3, 0.4) is 0 Å². The summed E-state index contributed by atoms with van der Waals surface area (Å²) in [4.78, 5) is 29.8. The Hall–Kier alpha value is -2.77. The third-order valence-corrected chi connectivity index (χ3v) is 2.75. The largest absolute Gasteiger partial charge is 0.363 e. The maximum atomic E-state index is 11.5. The molecule has 1 N–H and O–H groups in total. The molecular formula is C12H13N5O3. The zero-order chi connectivity index (χ0) is 14.5. The van der Waals surface area contributed by atoms with Crippen LogP contribution in [0.25, 0.3) is 0 Å². The molecule has 0 atom stereocenters. The Morgan fingerprint density at radius 3 is 2.90 bits per heavy atom. The lowest BCUT2D eigenvalue weighted by Crippen LogP contribution is -2.23. The number of pyridine rings is 1. The van der Waals surface area contributed by atoms with Crippen molar-refractivity contribution in [1.29, 1.82) is 0 Å². The van der Waals surface area contributed by atoms with E-state index in [1.165, 1.54) is 29.4 Å². The minimum atomic E-state index is -0.471. The normalized spacial score (nSPS) is 10.2. The fourth-order valence-corrected chi connectivity index (χ4v) is 1.75. The molecule has 8 heteroatoms. The summed E-state index contributed by atoms with van der Waals surface area (Å²) < 4.78 is 1.41. The quantitative estimate of drug-likeness (QED) is 0.644. The van der Waals surface area contributed by atoms with Crippen LogP contribution in [0.2, 0.25) is 0 Å². The molecule has 0 radical (unpaired) electrons. The number of nitrogens with zero attached hydrogens (tertiary/aromatic N) is 4. The third-order valence-electron chi connectivity index (χ3n) is 2.75. The number of rotatable bonds is 5. The average molecular weight is 275 g/mol. The van der Waals surface area contributed by atoms with Gasteiger partial charge < -0.3 is 5.32 Å². The minimum absolute atomic E-state index is 0.0500. The summed E-state index contributed by atoms with van der Waals surface area (Å²) in [6.45, 7) is 2.33. The van der Waals surface area contributed by atoms with E-state index in [0.29, 0.717) is 18.7 Å². The lowest BCUT2D eigenvalue weighted by atomic mass is 10.2. The van der Waals surface area contributed by atoms with E-state index in [2.05, 4.69) is 15.3 Å². The highest BCUT2D eigenvalue weighted by Gasteiger charge is 2.17. The first-order chi connectivity index (χ1) is 9.59. The molecule has 2 heterocycles. The Labute approximate surface area is 114 Å². The van der Waals surface area contributed by atoms with E-state index in [-0.39, 0.29) is 17.1 Å². The summed E-state index contributed by atoms with van der Waals surface area (Å²) in [5, 5.41) is 13.9. The highest BCUT2D eigenvalue weighted by atomic mass is 16.6. The van der Waals surface area contributed by atoms with E-state index in [1.54, 1.807) is 13.0 Å². The molecular weight excluding hydrogens is 262 g/mol. The predicted molar refractivity (Wildman–Crippen MR) is 72.6 cm³/mol. The summed E-state index contributed by atoms with van der Waals surface area (Å²) in [6, 6.07) is 2.93. The summed E-state index contributed by atoms with van der Waals surface area (Å²) in [6.07, 6.45) is 4.34. The molecule has 20 heavy (non-hydrogen) atoms. The SMILES string of the molecule is Cc1ccnc(NCCn2cnccc2=O)c1[N+](=O)[O-]. The number of anilines is 1. The first kappa shape index (κ1) is 13.7. The summed E-state index contributed by atoms with van der Waals surface area (Å²) in [7, 11) is 0. The Bertz CT molecular complexity index is 683. The molecule has 104 valence electrons. The highest BCUT2D eigenvalue weighted by molar-refractivity contribution is 5.59. The van der Waals surface area contributed by atoms with Gasteiger partial charge in [-0.25, -0.2) is 9.97 Å². The van der Waals surface area contributed by atoms with Crippen LogP contribution >= 0.6 is 0 Å². The van der Waals surface area contributed by atoms with Gasteiger partial charge in [0.25, 0.3) is 5.56 Å². The van der Waals surface area contributed by atoms with Crippen molar-refractivity contribution in [2.75, 3.05) is 11.9 Å². The fraction of sp³-hybridized carbons (Fsp3) is 0.250. The Balaban J connectivity index is 2.09. The zero-order valence-corrected chi connectivity index (χ0v) is 10.8. The van der Waals surface area contributed by atoms with Crippen LogP contribution in [-0.4, -0.2) is 26.0 Å². The second kappa shape index (κ2) is 5.91. The van der Waals surface area contributed by atoms with Crippen molar-refractivity contribution in [2.24, 2.45) is 0 Å². The maximum Gasteiger partial charge on any atom is 0.314 e. The van der Waals surface area contributed by atoms with Gasteiger partial charge in [-0.15, -0.1) is 0 Å². The van der Waals surface area contributed by atoms with Gasteiger partial charge in [-0.3, -0.25) is 19.5 Å². The van der Waals surface area contributed by atoms with Crippen LogP contribution in [-0.2, 0) is 6.54 Å². The van der Waals surface area contributed by atoms with E-state index in [1.807, 2.05) is 0 Å². The van der Waals surface area contributed by atoms with E-state index >= 15 is 0 Å². The van der Waals surface area contributed by atoms with Crippen molar-refractivity contribution in [3.05, 3.63) is 56.9 Å². The number of aromatic nitrogens is 3. The average Bonchev–Trinajstić information content (AvgIpc) is 2.40. The molecule has 0 aliphatic rings. The molecule has 0 saturated heterocycles. The molecule has 0 unspecified atom stereocenters. The lowest BCUT2D eigenvalue weighted by molar-refractivity contribution is -0.384. The van der Waals surface area contributed by atoms with Gasteiger partial charge >= 0.3 is 5.69 Å².